The first-order valence-corrected chi connectivity index (χ1v) is 12.9. The van der Waals surface area contributed by atoms with E-state index in [0.29, 0.717) is 4.57 Å². The lowest BCUT2D eigenvalue weighted by Crippen LogP contribution is -2.50. The molecular formula is C12H19N4O14P3. The average Bonchev–Trinajstić information content (AvgIpc) is 2.86. The maximum Gasteiger partial charge on any atom is 0.490 e. The van der Waals surface area contributed by atoms with Gasteiger partial charge in [-0.25, -0.2) is 18.5 Å². The second-order valence-electron chi connectivity index (χ2n) is 6.44. The first kappa shape index (κ1) is 27.6. The number of phosphoric acid groups is 3. The Kier molecular flexibility index (Phi) is 7.96. The monoisotopic (exact) mass is 536 g/mol. The Morgan fingerprint density at radius 2 is 1.79 bits per heavy atom. The van der Waals surface area contributed by atoms with Gasteiger partial charge in [0, 0.05) is 6.20 Å². The van der Waals surface area contributed by atoms with Gasteiger partial charge in [-0.05, 0) is 0 Å². The summed E-state index contributed by atoms with van der Waals surface area (Å²) in [7, 11) is -17.0. The number of rotatable bonds is 9. The summed E-state index contributed by atoms with van der Waals surface area (Å²) in [4.78, 5) is 51.4. The minimum absolute atomic E-state index is 0.215. The smallest absolute Gasteiger partial charge is 0.395 e. The maximum atomic E-state index is 12.3. The van der Waals surface area contributed by atoms with Crippen LogP contribution in [0, 0.1) is 12.3 Å². The van der Waals surface area contributed by atoms with Crippen LogP contribution in [0.25, 0.3) is 0 Å². The van der Waals surface area contributed by atoms with E-state index in [1.54, 1.807) is 0 Å². The van der Waals surface area contributed by atoms with Crippen LogP contribution >= 0.6 is 23.5 Å². The van der Waals surface area contributed by atoms with Crippen molar-refractivity contribution >= 4 is 35.0 Å². The fourth-order valence-corrected chi connectivity index (χ4v) is 5.84. The number of ether oxygens (including phenoxy) is 1. The number of aliphatic hydroxyl groups excluding tert-OH is 2. The molecule has 2 rings (SSSR count). The lowest BCUT2D eigenvalue weighted by atomic mass is 9.99. The topological polar surface area (TPSA) is 296 Å². The standard InChI is InChI=1S/C12H19N4O14P3/c1-2-3-12(16-4-6(13)10(14)15-11(16)19)9(18)8(17)7(28-12)5-27-32(23,24)30-33(25,26)29-31(20,21)22/h1,4,7-9,17-18H,3,5,13H2,(H,23,24)(H,25,26)(H2,14,15,19)(H2,20,21,22)/t7-,8-,9-,12-/m1/s1. The number of aliphatic hydroxyl groups is 2. The molecule has 10 N–H and O–H groups in total. The third kappa shape index (κ3) is 6.47. The van der Waals surface area contributed by atoms with E-state index < -0.39 is 66.2 Å². The molecule has 2 unspecified atom stereocenters. The molecule has 21 heteroatoms. The minimum Gasteiger partial charge on any atom is -0.395 e. The van der Waals surface area contributed by atoms with Gasteiger partial charge in [0.1, 0.15) is 18.3 Å². The van der Waals surface area contributed by atoms with Crippen LogP contribution in [0.2, 0.25) is 0 Å². The molecule has 6 atom stereocenters. The Morgan fingerprint density at radius 1 is 1.18 bits per heavy atom. The molecule has 2 heterocycles. The number of nitrogen functional groups attached to an aromatic ring is 2. The van der Waals surface area contributed by atoms with Crippen LogP contribution in [0.5, 0.6) is 0 Å². The van der Waals surface area contributed by atoms with Gasteiger partial charge in [0.25, 0.3) is 0 Å². The maximum absolute atomic E-state index is 12.3. The summed E-state index contributed by atoms with van der Waals surface area (Å²) in [6.07, 6.45) is 0.0799. The highest BCUT2D eigenvalue weighted by Crippen LogP contribution is 2.66. The van der Waals surface area contributed by atoms with Crippen molar-refractivity contribution in [3.8, 4) is 12.3 Å². The molecule has 18 nitrogen and oxygen atoms in total. The third-order valence-corrected chi connectivity index (χ3v) is 7.89. The van der Waals surface area contributed by atoms with Crippen molar-refractivity contribution in [1.29, 1.82) is 0 Å². The predicted octanol–water partition coefficient (Wildman–Crippen LogP) is -2.45. The van der Waals surface area contributed by atoms with Gasteiger partial charge in [0.15, 0.2) is 11.5 Å². The molecule has 186 valence electrons. The number of nitrogens with zero attached hydrogens (tertiary/aromatic N) is 2. The van der Waals surface area contributed by atoms with Crippen LogP contribution in [-0.2, 0) is 37.3 Å². The molecule has 0 saturated carbocycles. The van der Waals surface area contributed by atoms with Gasteiger partial charge >= 0.3 is 29.2 Å². The number of hydrogen-bond donors (Lipinski definition) is 8. The Balaban J connectivity index is 2.27. The molecule has 33 heavy (non-hydrogen) atoms. The largest absolute Gasteiger partial charge is 0.490 e. The number of hydrogen-bond acceptors (Lipinski definition) is 13. The summed E-state index contributed by atoms with van der Waals surface area (Å²) < 4.78 is 51.5. The number of aromatic nitrogens is 2. The van der Waals surface area contributed by atoms with E-state index in [4.69, 9.17) is 37.3 Å². The van der Waals surface area contributed by atoms with Crippen LogP contribution in [0.1, 0.15) is 6.42 Å². The van der Waals surface area contributed by atoms with Gasteiger partial charge in [-0.15, -0.1) is 12.3 Å². The van der Waals surface area contributed by atoms with E-state index in [0.717, 1.165) is 6.20 Å². The number of anilines is 2. The summed E-state index contributed by atoms with van der Waals surface area (Å²) >= 11 is 0. The molecule has 0 aliphatic carbocycles. The van der Waals surface area contributed by atoms with Crippen LogP contribution in [-0.4, -0.2) is 64.3 Å². The normalized spacial score (nSPS) is 29.2. The Morgan fingerprint density at radius 3 is 2.33 bits per heavy atom. The molecule has 1 aromatic rings. The van der Waals surface area contributed by atoms with E-state index in [1.165, 1.54) is 0 Å². The van der Waals surface area contributed by atoms with Crippen LogP contribution < -0.4 is 17.2 Å². The van der Waals surface area contributed by atoms with Crippen LogP contribution in [0.15, 0.2) is 11.0 Å². The predicted molar refractivity (Wildman–Crippen MR) is 105 cm³/mol. The molecule has 0 aromatic carbocycles. The molecule has 0 bridgehead atoms. The van der Waals surface area contributed by atoms with Gasteiger partial charge in [0.05, 0.1) is 18.7 Å². The summed E-state index contributed by atoms with van der Waals surface area (Å²) in [6.45, 7) is -1.12. The summed E-state index contributed by atoms with van der Waals surface area (Å²) in [5, 5.41) is 20.9. The zero-order valence-corrected chi connectivity index (χ0v) is 18.8. The summed E-state index contributed by atoms with van der Waals surface area (Å²) in [6, 6.07) is 0. The fraction of sp³-hybridized carbons (Fsp3) is 0.500. The average molecular weight is 536 g/mol. The lowest BCUT2D eigenvalue weighted by molar-refractivity contribution is -0.146. The zero-order chi connectivity index (χ0) is 25.4. The lowest BCUT2D eigenvalue weighted by Gasteiger charge is -2.32. The first-order chi connectivity index (χ1) is 14.9. The van der Waals surface area contributed by atoms with E-state index >= 15 is 0 Å². The molecular weight excluding hydrogens is 517 g/mol. The third-order valence-electron chi connectivity index (χ3n) is 4.09. The molecule has 1 saturated heterocycles. The Bertz CT molecular complexity index is 1150. The molecule has 1 aliphatic rings. The molecule has 1 aliphatic heterocycles. The second kappa shape index (κ2) is 9.53. The molecule has 1 aromatic heterocycles. The van der Waals surface area contributed by atoms with Crippen molar-refractivity contribution < 1.29 is 61.4 Å². The molecule has 0 amide bonds. The van der Waals surface area contributed by atoms with E-state index in [1.807, 2.05) is 0 Å². The van der Waals surface area contributed by atoms with Gasteiger partial charge in [-0.3, -0.25) is 9.09 Å². The van der Waals surface area contributed by atoms with E-state index in [2.05, 4.69) is 24.0 Å². The van der Waals surface area contributed by atoms with Crippen molar-refractivity contribution in [2.45, 2.75) is 30.5 Å². The van der Waals surface area contributed by atoms with Crippen LogP contribution in [0.4, 0.5) is 11.5 Å². The zero-order valence-electron chi connectivity index (χ0n) is 16.1. The summed E-state index contributed by atoms with van der Waals surface area (Å²) in [5.41, 5.74) is 7.57. The highest BCUT2D eigenvalue weighted by molar-refractivity contribution is 7.66. The van der Waals surface area contributed by atoms with E-state index in [-0.39, 0.29) is 11.5 Å². The van der Waals surface area contributed by atoms with Gasteiger partial charge in [-0.1, -0.05) is 0 Å². The van der Waals surface area contributed by atoms with Gasteiger partial charge in [0.2, 0.25) is 0 Å². The molecule has 0 spiro atoms. The Labute approximate surface area is 184 Å². The van der Waals surface area contributed by atoms with Crippen molar-refractivity contribution in [3.63, 3.8) is 0 Å². The number of terminal acetylenes is 1. The highest BCUT2D eigenvalue weighted by atomic mass is 31.3. The first-order valence-electron chi connectivity index (χ1n) is 8.34. The fourth-order valence-electron chi connectivity index (χ4n) is 2.81. The van der Waals surface area contributed by atoms with Gasteiger partial charge in [-0.2, -0.15) is 13.6 Å². The minimum atomic E-state index is -5.78. The summed E-state index contributed by atoms with van der Waals surface area (Å²) in [5.74, 6) is 1.78. The number of nitrogens with two attached hydrogens (primary N) is 2. The van der Waals surface area contributed by atoms with E-state index in [9.17, 15) is 33.6 Å². The van der Waals surface area contributed by atoms with Crippen molar-refractivity contribution in [3.05, 3.63) is 16.7 Å². The molecule has 0 radical (unpaired) electrons. The van der Waals surface area contributed by atoms with Crippen molar-refractivity contribution in [1.82, 2.24) is 9.55 Å². The van der Waals surface area contributed by atoms with Gasteiger partial charge < -0.3 is 46.0 Å². The molecule has 1 fully saturated rings. The SMILES string of the molecule is C#CC[C@@]1(n2cc(N)c(N)nc2=O)O[C@H](COP(=O)(O)OP(=O)(O)OP(=O)(O)O)[C@@H](O)[C@H]1O. The van der Waals surface area contributed by atoms with Crippen molar-refractivity contribution in [2.24, 2.45) is 0 Å². The second-order valence-corrected chi connectivity index (χ2v) is 10.9. The number of phosphoric ester groups is 1. The van der Waals surface area contributed by atoms with Crippen LogP contribution in [0.3, 0.4) is 0 Å². The Hall–Kier alpha value is -1.67. The highest BCUT2D eigenvalue weighted by Gasteiger charge is 2.56. The van der Waals surface area contributed by atoms with Crippen molar-refractivity contribution in [2.75, 3.05) is 18.1 Å². The quantitative estimate of drug-likeness (QED) is 0.120.